The summed E-state index contributed by atoms with van der Waals surface area (Å²) in [4.78, 5) is 11.9. The Morgan fingerprint density at radius 1 is 1.35 bits per heavy atom. The summed E-state index contributed by atoms with van der Waals surface area (Å²) < 4.78 is 6.22. The number of amides is 1. The summed E-state index contributed by atoms with van der Waals surface area (Å²) in [6, 6.07) is 11.7. The summed E-state index contributed by atoms with van der Waals surface area (Å²) >= 11 is 3.40. The first-order chi connectivity index (χ1) is 11.1. The maximum Gasteiger partial charge on any atom is 0.275 e. The van der Waals surface area contributed by atoms with Crippen LogP contribution >= 0.6 is 15.9 Å². The molecule has 2 aromatic rings. The quantitative estimate of drug-likeness (QED) is 0.461. The van der Waals surface area contributed by atoms with E-state index in [2.05, 4.69) is 33.0 Å². The van der Waals surface area contributed by atoms with Crippen LogP contribution in [0.2, 0.25) is 0 Å². The van der Waals surface area contributed by atoms with Crippen LogP contribution in [0, 0.1) is 0 Å². The highest BCUT2D eigenvalue weighted by Gasteiger charge is 2.08. The Bertz CT molecular complexity index is 744. The van der Waals surface area contributed by atoms with Gasteiger partial charge in [-0.1, -0.05) is 24.8 Å². The summed E-state index contributed by atoms with van der Waals surface area (Å²) in [6.07, 6.45) is 3.16. The van der Waals surface area contributed by atoms with Gasteiger partial charge in [0.05, 0.1) is 16.3 Å². The molecule has 2 N–H and O–H groups in total. The number of phenols is 1. The zero-order chi connectivity index (χ0) is 16.7. The topological polar surface area (TPSA) is 70.9 Å². The van der Waals surface area contributed by atoms with Crippen LogP contribution < -0.4 is 10.2 Å². The molecule has 2 rings (SSSR count). The molecule has 1 amide bonds. The van der Waals surface area contributed by atoms with Gasteiger partial charge in [-0.05, 0) is 51.8 Å². The number of ether oxygens (including phenoxy) is 1. The van der Waals surface area contributed by atoms with Crippen molar-refractivity contribution >= 4 is 28.1 Å². The lowest BCUT2D eigenvalue weighted by Crippen LogP contribution is -2.17. The Morgan fingerprint density at radius 3 is 2.83 bits per heavy atom. The fourth-order valence-corrected chi connectivity index (χ4v) is 2.27. The summed E-state index contributed by atoms with van der Waals surface area (Å²) in [7, 11) is 0. The molecule has 0 fully saturated rings. The molecule has 0 radical (unpaired) electrons. The molecule has 0 aliphatic carbocycles. The Hall–Kier alpha value is -2.60. The molecule has 0 saturated carbocycles. The van der Waals surface area contributed by atoms with Crippen LogP contribution in [0.25, 0.3) is 0 Å². The van der Waals surface area contributed by atoms with Crippen molar-refractivity contribution in [2.24, 2.45) is 5.10 Å². The number of aromatic hydroxyl groups is 1. The van der Waals surface area contributed by atoms with Crippen molar-refractivity contribution in [3.63, 3.8) is 0 Å². The molecular weight excluding hydrogens is 360 g/mol. The summed E-state index contributed by atoms with van der Waals surface area (Å²) in [5, 5.41) is 13.5. The number of carbonyl (C=O) groups excluding carboxylic acids is 1. The van der Waals surface area contributed by atoms with E-state index in [0.29, 0.717) is 12.4 Å². The maximum absolute atomic E-state index is 11.9. The van der Waals surface area contributed by atoms with Gasteiger partial charge in [-0.25, -0.2) is 5.43 Å². The highest BCUT2D eigenvalue weighted by molar-refractivity contribution is 9.10. The van der Waals surface area contributed by atoms with E-state index in [9.17, 15) is 9.90 Å². The molecule has 2 aromatic carbocycles. The minimum absolute atomic E-state index is 0.0911. The number of hydrogen-bond donors (Lipinski definition) is 2. The lowest BCUT2D eigenvalue weighted by molar-refractivity contribution is 0.0952. The molecule has 0 spiro atoms. The fourth-order valence-electron chi connectivity index (χ4n) is 1.75. The van der Waals surface area contributed by atoms with Crippen molar-refractivity contribution in [1.29, 1.82) is 0 Å². The zero-order valence-corrected chi connectivity index (χ0v) is 13.8. The summed E-state index contributed by atoms with van der Waals surface area (Å²) in [5.41, 5.74) is 3.31. The van der Waals surface area contributed by atoms with Crippen LogP contribution in [-0.4, -0.2) is 23.8 Å². The number of rotatable bonds is 6. The third-order valence-electron chi connectivity index (χ3n) is 2.84. The number of carbonyl (C=O) groups is 1. The van der Waals surface area contributed by atoms with E-state index in [1.165, 1.54) is 18.3 Å². The molecule has 23 heavy (non-hydrogen) atoms. The Labute approximate surface area is 142 Å². The van der Waals surface area contributed by atoms with Crippen molar-refractivity contribution < 1.29 is 14.6 Å². The number of para-hydroxylation sites is 1. The average Bonchev–Trinajstić information content (AvgIpc) is 2.54. The van der Waals surface area contributed by atoms with Gasteiger partial charge < -0.3 is 9.84 Å². The van der Waals surface area contributed by atoms with E-state index >= 15 is 0 Å². The Morgan fingerprint density at radius 2 is 2.13 bits per heavy atom. The van der Waals surface area contributed by atoms with Crippen LogP contribution in [-0.2, 0) is 0 Å². The normalized spacial score (nSPS) is 10.5. The van der Waals surface area contributed by atoms with Crippen molar-refractivity contribution in [3.05, 3.63) is 70.7 Å². The minimum atomic E-state index is -0.482. The number of phenolic OH excluding ortho intramolecular Hbond substituents is 1. The minimum Gasteiger partial charge on any atom is -0.507 e. The van der Waals surface area contributed by atoms with Gasteiger partial charge in [0.1, 0.15) is 18.1 Å². The van der Waals surface area contributed by atoms with Crippen molar-refractivity contribution in [2.45, 2.75) is 0 Å². The van der Waals surface area contributed by atoms with E-state index in [1.807, 2.05) is 6.07 Å². The highest BCUT2D eigenvalue weighted by Crippen LogP contribution is 2.25. The van der Waals surface area contributed by atoms with Gasteiger partial charge in [-0.2, -0.15) is 5.10 Å². The summed E-state index contributed by atoms with van der Waals surface area (Å²) in [5.74, 6) is 0.122. The Balaban J connectivity index is 2.00. The number of hydrogen-bond acceptors (Lipinski definition) is 4. The van der Waals surface area contributed by atoms with Gasteiger partial charge in [-0.3, -0.25) is 4.79 Å². The van der Waals surface area contributed by atoms with Crippen LogP contribution in [0.3, 0.4) is 0 Å². The van der Waals surface area contributed by atoms with Gasteiger partial charge in [0.25, 0.3) is 5.91 Å². The molecule has 118 valence electrons. The van der Waals surface area contributed by atoms with E-state index < -0.39 is 5.91 Å². The maximum atomic E-state index is 11.9. The second kappa shape index (κ2) is 8.14. The smallest absolute Gasteiger partial charge is 0.275 e. The van der Waals surface area contributed by atoms with Crippen LogP contribution in [0.4, 0.5) is 0 Å². The van der Waals surface area contributed by atoms with Crippen molar-refractivity contribution in [1.82, 2.24) is 5.43 Å². The van der Waals surface area contributed by atoms with Crippen LogP contribution in [0.5, 0.6) is 11.5 Å². The van der Waals surface area contributed by atoms with E-state index in [-0.39, 0.29) is 11.3 Å². The molecule has 0 aliphatic heterocycles. The average molecular weight is 375 g/mol. The van der Waals surface area contributed by atoms with E-state index in [0.717, 1.165) is 10.0 Å². The van der Waals surface area contributed by atoms with E-state index in [4.69, 9.17) is 4.74 Å². The number of nitrogens with zero attached hydrogens (tertiary/aromatic N) is 1. The van der Waals surface area contributed by atoms with Crippen LogP contribution in [0.1, 0.15) is 15.9 Å². The molecule has 0 aliphatic rings. The molecule has 0 bridgehead atoms. The number of hydrazone groups is 1. The highest BCUT2D eigenvalue weighted by atomic mass is 79.9. The number of nitrogens with one attached hydrogen (secondary N) is 1. The second-order valence-electron chi connectivity index (χ2n) is 4.51. The SMILES string of the molecule is C=CCOc1ccc(/C=N\NC(=O)c2ccccc2O)cc1Br. The first-order valence-corrected chi connectivity index (χ1v) is 7.55. The molecule has 0 saturated heterocycles. The first-order valence-electron chi connectivity index (χ1n) is 6.76. The van der Waals surface area contributed by atoms with Crippen LogP contribution in [0.15, 0.2) is 64.7 Å². The second-order valence-corrected chi connectivity index (χ2v) is 5.36. The third kappa shape index (κ3) is 4.69. The molecule has 0 atom stereocenters. The molecule has 0 aromatic heterocycles. The van der Waals surface area contributed by atoms with Crippen molar-refractivity contribution in [2.75, 3.05) is 6.61 Å². The fraction of sp³-hybridized carbons (Fsp3) is 0.0588. The van der Waals surface area contributed by atoms with Crippen molar-refractivity contribution in [3.8, 4) is 11.5 Å². The Kier molecular flexibility index (Phi) is 5.94. The monoisotopic (exact) mass is 374 g/mol. The lowest BCUT2D eigenvalue weighted by Gasteiger charge is -2.06. The number of benzene rings is 2. The van der Waals surface area contributed by atoms with Gasteiger partial charge in [0.2, 0.25) is 0 Å². The molecule has 0 heterocycles. The predicted octanol–water partition coefficient (Wildman–Crippen LogP) is 3.48. The first kappa shape index (κ1) is 16.8. The predicted molar refractivity (Wildman–Crippen MR) is 93.0 cm³/mol. The van der Waals surface area contributed by atoms with Gasteiger partial charge in [0, 0.05) is 0 Å². The molecule has 0 unspecified atom stereocenters. The largest absolute Gasteiger partial charge is 0.507 e. The van der Waals surface area contributed by atoms with Gasteiger partial charge in [0.15, 0.2) is 0 Å². The third-order valence-corrected chi connectivity index (χ3v) is 3.46. The van der Waals surface area contributed by atoms with Gasteiger partial charge in [-0.15, -0.1) is 0 Å². The van der Waals surface area contributed by atoms with Gasteiger partial charge >= 0.3 is 0 Å². The molecule has 6 heteroatoms. The zero-order valence-electron chi connectivity index (χ0n) is 12.2. The summed E-state index contributed by atoms with van der Waals surface area (Å²) in [6.45, 7) is 4.01. The number of halogens is 1. The van der Waals surface area contributed by atoms with E-state index in [1.54, 1.807) is 30.3 Å². The molecular formula is C17H15BrN2O3. The standard InChI is InChI=1S/C17H15BrN2O3/c1-2-9-23-16-8-7-12(10-14(16)18)11-19-20-17(22)13-5-3-4-6-15(13)21/h2-8,10-11,21H,1,9H2,(H,20,22)/b19-11-. The lowest BCUT2D eigenvalue weighted by atomic mass is 10.2. The molecule has 5 nitrogen and oxygen atoms in total.